The van der Waals surface area contributed by atoms with Crippen LogP contribution >= 0.6 is 0 Å². The number of pyridine rings is 2. The van der Waals surface area contributed by atoms with Gasteiger partial charge in [0.05, 0.1) is 0 Å². The Bertz CT molecular complexity index is 763. The molecular weight excluding hydrogens is 317 g/mol. The standard InChI is InChI=1S/C17H15F3N4/c18-17(19,20)15-3-1-14(10-22-15)11-24-16-4-2-12(9-23-16)7-13-5-6-21-8-13/h1-6,8-10,21H,7,11H2,(H,23,24). The van der Waals surface area contributed by atoms with Crippen molar-refractivity contribution < 1.29 is 13.2 Å². The van der Waals surface area contributed by atoms with E-state index in [1.165, 1.54) is 17.8 Å². The Kier molecular flexibility index (Phi) is 4.50. The van der Waals surface area contributed by atoms with Gasteiger partial charge in [-0.2, -0.15) is 13.2 Å². The molecule has 3 aromatic rings. The van der Waals surface area contributed by atoms with E-state index < -0.39 is 11.9 Å². The molecule has 0 atom stereocenters. The van der Waals surface area contributed by atoms with Gasteiger partial charge < -0.3 is 10.3 Å². The number of hydrogen-bond donors (Lipinski definition) is 2. The monoisotopic (exact) mass is 332 g/mol. The maximum absolute atomic E-state index is 12.5. The first-order valence-electron chi connectivity index (χ1n) is 7.33. The first-order chi connectivity index (χ1) is 11.5. The van der Waals surface area contributed by atoms with Gasteiger partial charge in [-0.25, -0.2) is 4.98 Å². The molecule has 0 amide bonds. The average molecular weight is 332 g/mol. The van der Waals surface area contributed by atoms with Gasteiger partial charge in [0, 0.05) is 37.8 Å². The van der Waals surface area contributed by atoms with Crippen LogP contribution in [0.4, 0.5) is 19.0 Å². The van der Waals surface area contributed by atoms with Gasteiger partial charge in [0.1, 0.15) is 11.5 Å². The summed E-state index contributed by atoms with van der Waals surface area (Å²) < 4.78 is 37.4. The fourth-order valence-electron chi connectivity index (χ4n) is 2.23. The highest BCUT2D eigenvalue weighted by Gasteiger charge is 2.31. The molecule has 0 bridgehead atoms. The van der Waals surface area contributed by atoms with E-state index in [1.54, 1.807) is 6.20 Å². The Morgan fingerprint density at radius 3 is 2.29 bits per heavy atom. The van der Waals surface area contributed by atoms with Crippen LogP contribution in [0.3, 0.4) is 0 Å². The third kappa shape index (κ3) is 4.13. The SMILES string of the molecule is FC(F)(F)c1ccc(CNc2ccc(Cc3cc[nH]c3)cn2)cn1. The zero-order valence-corrected chi connectivity index (χ0v) is 12.6. The first-order valence-corrected chi connectivity index (χ1v) is 7.33. The lowest BCUT2D eigenvalue weighted by atomic mass is 10.1. The normalized spacial score (nSPS) is 11.5. The van der Waals surface area contributed by atoms with Crippen LogP contribution in [-0.2, 0) is 19.1 Å². The van der Waals surface area contributed by atoms with Crippen LogP contribution in [0.5, 0.6) is 0 Å². The lowest BCUT2D eigenvalue weighted by Crippen LogP contribution is -2.08. The Morgan fingerprint density at radius 1 is 0.917 bits per heavy atom. The summed E-state index contributed by atoms with van der Waals surface area (Å²) in [7, 11) is 0. The number of hydrogen-bond acceptors (Lipinski definition) is 3. The Hall–Kier alpha value is -2.83. The first kappa shape index (κ1) is 16.0. The highest BCUT2D eigenvalue weighted by Crippen LogP contribution is 2.27. The van der Waals surface area contributed by atoms with Crippen molar-refractivity contribution in [2.75, 3.05) is 5.32 Å². The number of aromatic amines is 1. The molecule has 3 aromatic heterocycles. The number of alkyl halides is 3. The minimum atomic E-state index is -4.41. The van der Waals surface area contributed by atoms with Gasteiger partial charge in [-0.15, -0.1) is 0 Å². The van der Waals surface area contributed by atoms with E-state index in [1.807, 2.05) is 30.6 Å². The molecule has 24 heavy (non-hydrogen) atoms. The van der Waals surface area contributed by atoms with Crippen LogP contribution in [0.1, 0.15) is 22.4 Å². The molecule has 0 fully saturated rings. The van der Waals surface area contributed by atoms with Gasteiger partial charge in [-0.1, -0.05) is 12.1 Å². The van der Waals surface area contributed by atoms with E-state index in [-0.39, 0.29) is 0 Å². The molecule has 124 valence electrons. The second kappa shape index (κ2) is 6.74. The molecule has 0 radical (unpaired) electrons. The van der Waals surface area contributed by atoms with Crippen LogP contribution in [0.15, 0.2) is 55.1 Å². The molecule has 3 heterocycles. The van der Waals surface area contributed by atoms with Crippen molar-refractivity contribution >= 4 is 5.82 Å². The number of anilines is 1. The van der Waals surface area contributed by atoms with Crippen LogP contribution in [-0.4, -0.2) is 15.0 Å². The highest BCUT2D eigenvalue weighted by atomic mass is 19.4. The maximum Gasteiger partial charge on any atom is 0.433 e. The molecule has 4 nitrogen and oxygen atoms in total. The van der Waals surface area contributed by atoms with Crippen molar-refractivity contribution in [3.8, 4) is 0 Å². The van der Waals surface area contributed by atoms with Crippen molar-refractivity contribution in [1.29, 1.82) is 0 Å². The van der Waals surface area contributed by atoms with Crippen LogP contribution in [0.25, 0.3) is 0 Å². The molecule has 0 aliphatic heterocycles. The molecule has 3 rings (SSSR count). The number of nitrogens with zero attached hydrogens (tertiary/aromatic N) is 2. The molecule has 0 unspecified atom stereocenters. The fourth-order valence-corrected chi connectivity index (χ4v) is 2.23. The van der Waals surface area contributed by atoms with Gasteiger partial charge >= 0.3 is 6.18 Å². The summed E-state index contributed by atoms with van der Waals surface area (Å²) in [6.07, 6.45) is 3.18. The summed E-state index contributed by atoms with van der Waals surface area (Å²) in [6.45, 7) is 0.356. The lowest BCUT2D eigenvalue weighted by molar-refractivity contribution is -0.141. The topological polar surface area (TPSA) is 53.6 Å². The van der Waals surface area contributed by atoms with Gasteiger partial charge in [0.15, 0.2) is 0 Å². The number of rotatable bonds is 5. The van der Waals surface area contributed by atoms with E-state index in [4.69, 9.17) is 0 Å². The highest BCUT2D eigenvalue weighted by molar-refractivity contribution is 5.37. The number of nitrogens with one attached hydrogen (secondary N) is 2. The Balaban J connectivity index is 1.56. The van der Waals surface area contributed by atoms with Crippen LogP contribution < -0.4 is 5.32 Å². The van der Waals surface area contributed by atoms with Gasteiger partial charge in [-0.05, 0) is 34.9 Å². The largest absolute Gasteiger partial charge is 0.433 e. The molecule has 0 aliphatic rings. The summed E-state index contributed by atoms with van der Waals surface area (Å²) in [5.74, 6) is 0.660. The number of H-pyrrole nitrogens is 1. The second-order valence-corrected chi connectivity index (χ2v) is 5.35. The van der Waals surface area contributed by atoms with Crippen LogP contribution in [0, 0.1) is 0 Å². The lowest BCUT2D eigenvalue weighted by Gasteiger charge is -2.08. The van der Waals surface area contributed by atoms with Crippen molar-refractivity contribution in [3.05, 3.63) is 77.5 Å². The summed E-state index contributed by atoms with van der Waals surface area (Å²) in [6, 6.07) is 8.20. The molecule has 7 heteroatoms. The second-order valence-electron chi connectivity index (χ2n) is 5.35. The Morgan fingerprint density at radius 2 is 1.71 bits per heavy atom. The zero-order chi connectivity index (χ0) is 17.0. The van der Waals surface area contributed by atoms with E-state index in [9.17, 15) is 13.2 Å². The van der Waals surface area contributed by atoms with Gasteiger partial charge in [0.25, 0.3) is 0 Å². The quantitative estimate of drug-likeness (QED) is 0.742. The van der Waals surface area contributed by atoms with Crippen molar-refractivity contribution in [3.63, 3.8) is 0 Å². The van der Waals surface area contributed by atoms with E-state index >= 15 is 0 Å². The fraction of sp³-hybridized carbons (Fsp3) is 0.176. The predicted octanol–water partition coefficient (Wildman–Crippen LogP) is 4.03. The molecule has 0 saturated heterocycles. The third-order valence-corrected chi connectivity index (χ3v) is 3.48. The summed E-state index contributed by atoms with van der Waals surface area (Å²) in [4.78, 5) is 10.7. The van der Waals surface area contributed by atoms with E-state index in [0.29, 0.717) is 17.9 Å². The third-order valence-electron chi connectivity index (χ3n) is 3.48. The minimum absolute atomic E-state index is 0.356. The van der Waals surface area contributed by atoms with Crippen molar-refractivity contribution in [2.45, 2.75) is 19.1 Å². The van der Waals surface area contributed by atoms with Gasteiger partial charge in [-0.3, -0.25) is 4.98 Å². The van der Waals surface area contributed by atoms with Crippen LogP contribution in [0.2, 0.25) is 0 Å². The number of aromatic nitrogens is 3. The van der Waals surface area contributed by atoms with Crippen molar-refractivity contribution in [1.82, 2.24) is 15.0 Å². The minimum Gasteiger partial charge on any atom is -0.367 e. The average Bonchev–Trinajstić information content (AvgIpc) is 3.07. The summed E-state index contributed by atoms with van der Waals surface area (Å²) in [5, 5.41) is 3.07. The molecule has 0 saturated carbocycles. The van der Waals surface area contributed by atoms with E-state index in [0.717, 1.165) is 18.1 Å². The van der Waals surface area contributed by atoms with Crippen molar-refractivity contribution in [2.24, 2.45) is 0 Å². The molecule has 2 N–H and O–H groups in total. The Labute approximate surface area is 136 Å². The maximum atomic E-state index is 12.5. The molecule has 0 spiro atoms. The summed E-state index contributed by atoms with van der Waals surface area (Å²) >= 11 is 0. The smallest absolute Gasteiger partial charge is 0.367 e. The number of halogens is 3. The molecule has 0 aliphatic carbocycles. The van der Waals surface area contributed by atoms with E-state index in [2.05, 4.69) is 20.3 Å². The predicted molar refractivity (Wildman–Crippen MR) is 84.4 cm³/mol. The summed E-state index contributed by atoms with van der Waals surface area (Å²) in [5.41, 5.74) is 2.02. The molecule has 0 aromatic carbocycles. The van der Waals surface area contributed by atoms with Gasteiger partial charge in [0.2, 0.25) is 0 Å². The molecular formula is C17H15F3N4. The zero-order valence-electron chi connectivity index (χ0n) is 12.6.